The van der Waals surface area contributed by atoms with Crippen LogP contribution in [0.2, 0.25) is 0 Å². The number of likely N-dealkylation sites (tertiary alicyclic amines) is 1. The van der Waals surface area contributed by atoms with Crippen molar-refractivity contribution < 1.29 is 18.4 Å². The highest BCUT2D eigenvalue weighted by molar-refractivity contribution is 5.99. The third-order valence-electron chi connectivity index (χ3n) is 4.69. The summed E-state index contributed by atoms with van der Waals surface area (Å²) in [4.78, 5) is 26.0. The Bertz CT molecular complexity index is 794. The van der Waals surface area contributed by atoms with Gasteiger partial charge in [0.05, 0.1) is 6.54 Å². The minimum atomic E-state index is -0.470. The Balaban J connectivity index is 1.63. The molecular weight excluding hydrogens is 325 g/mol. The van der Waals surface area contributed by atoms with E-state index in [9.17, 15) is 14.0 Å². The summed E-state index contributed by atoms with van der Waals surface area (Å²) < 4.78 is 19.3. The van der Waals surface area contributed by atoms with Gasteiger partial charge in [0, 0.05) is 37.1 Å². The molecule has 1 fully saturated rings. The molecule has 1 aliphatic heterocycles. The van der Waals surface area contributed by atoms with Gasteiger partial charge in [-0.05, 0) is 25.8 Å². The summed E-state index contributed by atoms with van der Waals surface area (Å²) in [5.74, 6) is -0.643. The second-order valence-electron chi connectivity index (χ2n) is 6.37. The minimum Gasteiger partial charge on any atom is -0.448 e. The molecule has 6 nitrogen and oxygen atoms in total. The maximum Gasteiger partial charge on any atom is 0.287 e. The first-order valence-electron chi connectivity index (χ1n) is 8.41. The van der Waals surface area contributed by atoms with Crippen LogP contribution in [0.15, 0.2) is 22.6 Å². The monoisotopic (exact) mass is 347 g/mol. The number of hydrogen-bond donors (Lipinski definition) is 2. The fraction of sp³-hybridized carbons (Fsp3) is 0.444. The molecule has 1 aromatic heterocycles. The van der Waals surface area contributed by atoms with Crippen LogP contribution < -0.4 is 10.6 Å². The molecule has 1 aromatic carbocycles. The number of para-hydroxylation sites is 1. The van der Waals surface area contributed by atoms with Crippen molar-refractivity contribution in [2.45, 2.75) is 25.8 Å². The molecule has 0 atom stereocenters. The Hall–Kier alpha value is -2.41. The van der Waals surface area contributed by atoms with Crippen LogP contribution in [-0.4, -0.2) is 49.4 Å². The van der Waals surface area contributed by atoms with Gasteiger partial charge in [-0.25, -0.2) is 4.39 Å². The van der Waals surface area contributed by atoms with Crippen molar-refractivity contribution in [3.63, 3.8) is 0 Å². The van der Waals surface area contributed by atoms with E-state index in [1.165, 1.54) is 6.07 Å². The highest BCUT2D eigenvalue weighted by Crippen LogP contribution is 2.27. The van der Waals surface area contributed by atoms with E-state index < -0.39 is 5.82 Å². The van der Waals surface area contributed by atoms with E-state index in [1.807, 2.05) is 0 Å². The molecule has 2 N–H and O–H groups in total. The molecule has 0 aliphatic carbocycles. The molecular formula is C18H22FN3O3. The molecule has 2 amide bonds. The number of furan rings is 1. The zero-order valence-corrected chi connectivity index (χ0v) is 14.4. The number of nitrogens with one attached hydrogen (secondary N) is 2. The molecule has 7 heteroatoms. The molecule has 1 aliphatic rings. The van der Waals surface area contributed by atoms with Gasteiger partial charge in [-0.2, -0.15) is 0 Å². The summed E-state index contributed by atoms with van der Waals surface area (Å²) in [5.41, 5.74) is 0.759. The SMILES string of the molecule is CNC(=O)CN1CCC(NC(=O)c2oc3c(F)cccc3c2C)CC1. The van der Waals surface area contributed by atoms with Gasteiger partial charge in [0.25, 0.3) is 5.91 Å². The van der Waals surface area contributed by atoms with Crippen molar-refractivity contribution in [3.8, 4) is 0 Å². The van der Waals surface area contributed by atoms with Crippen molar-refractivity contribution in [1.82, 2.24) is 15.5 Å². The lowest BCUT2D eigenvalue weighted by molar-refractivity contribution is -0.122. The number of carbonyl (C=O) groups is 2. The number of carbonyl (C=O) groups excluding carboxylic acids is 2. The van der Waals surface area contributed by atoms with Crippen LogP contribution in [-0.2, 0) is 4.79 Å². The second kappa shape index (κ2) is 7.23. The normalized spacial score (nSPS) is 16.1. The Labute approximate surface area is 145 Å². The maximum absolute atomic E-state index is 13.8. The molecule has 3 rings (SSSR count). The quantitative estimate of drug-likeness (QED) is 0.885. The van der Waals surface area contributed by atoms with Crippen molar-refractivity contribution in [3.05, 3.63) is 35.3 Å². The molecule has 2 heterocycles. The third kappa shape index (κ3) is 3.66. The van der Waals surface area contributed by atoms with Gasteiger partial charge in [-0.3, -0.25) is 14.5 Å². The Morgan fingerprint density at radius 2 is 2.04 bits per heavy atom. The zero-order chi connectivity index (χ0) is 18.0. The molecule has 0 spiro atoms. The fourth-order valence-electron chi connectivity index (χ4n) is 3.19. The highest BCUT2D eigenvalue weighted by Gasteiger charge is 2.25. The van der Waals surface area contributed by atoms with Gasteiger partial charge in [-0.1, -0.05) is 12.1 Å². The Kier molecular flexibility index (Phi) is 5.03. The van der Waals surface area contributed by atoms with Crippen molar-refractivity contribution in [2.24, 2.45) is 0 Å². The van der Waals surface area contributed by atoms with Gasteiger partial charge < -0.3 is 15.1 Å². The van der Waals surface area contributed by atoms with E-state index in [1.54, 1.807) is 26.1 Å². The topological polar surface area (TPSA) is 74.6 Å². The molecule has 1 saturated heterocycles. The van der Waals surface area contributed by atoms with Gasteiger partial charge in [0.15, 0.2) is 17.2 Å². The molecule has 134 valence electrons. The number of piperidine rings is 1. The van der Waals surface area contributed by atoms with Crippen LogP contribution >= 0.6 is 0 Å². The van der Waals surface area contributed by atoms with Gasteiger partial charge >= 0.3 is 0 Å². The first-order chi connectivity index (χ1) is 12.0. The Morgan fingerprint density at radius 3 is 2.68 bits per heavy atom. The van der Waals surface area contributed by atoms with E-state index >= 15 is 0 Å². The number of rotatable bonds is 4. The standard InChI is InChI=1S/C18H22FN3O3/c1-11-13-4-3-5-14(19)17(13)25-16(11)18(24)21-12-6-8-22(9-7-12)10-15(23)20-2/h3-5,12H,6-10H2,1-2H3,(H,20,23)(H,21,24). The summed E-state index contributed by atoms with van der Waals surface area (Å²) in [6.45, 7) is 3.61. The number of benzene rings is 1. The summed E-state index contributed by atoms with van der Waals surface area (Å²) in [6.07, 6.45) is 1.52. The average molecular weight is 347 g/mol. The first kappa shape index (κ1) is 17.4. The van der Waals surface area contributed by atoms with Crippen LogP contribution in [0, 0.1) is 12.7 Å². The largest absolute Gasteiger partial charge is 0.448 e. The molecule has 0 radical (unpaired) electrons. The number of likely N-dealkylation sites (N-methyl/N-ethyl adjacent to an activating group) is 1. The minimum absolute atomic E-state index is 0.0117. The van der Waals surface area contributed by atoms with Crippen LogP contribution in [0.1, 0.15) is 29.0 Å². The van der Waals surface area contributed by atoms with E-state index in [-0.39, 0.29) is 29.2 Å². The molecule has 0 bridgehead atoms. The predicted molar refractivity (Wildman–Crippen MR) is 91.9 cm³/mol. The fourth-order valence-corrected chi connectivity index (χ4v) is 3.19. The zero-order valence-electron chi connectivity index (χ0n) is 14.4. The number of aryl methyl sites for hydroxylation is 1. The van der Waals surface area contributed by atoms with Crippen LogP contribution in [0.5, 0.6) is 0 Å². The lowest BCUT2D eigenvalue weighted by Gasteiger charge is -2.31. The lowest BCUT2D eigenvalue weighted by Crippen LogP contribution is -2.47. The molecule has 0 saturated carbocycles. The van der Waals surface area contributed by atoms with Crippen molar-refractivity contribution in [1.29, 1.82) is 0 Å². The number of fused-ring (bicyclic) bond motifs is 1. The summed E-state index contributed by atoms with van der Waals surface area (Å²) in [7, 11) is 1.62. The third-order valence-corrected chi connectivity index (χ3v) is 4.69. The van der Waals surface area contributed by atoms with Crippen LogP contribution in [0.25, 0.3) is 11.0 Å². The highest BCUT2D eigenvalue weighted by atomic mass is 19.1. The Morgan fingerprint density at radius 1 is 1.32 bits per heavy atom. The maximum atomic E-state index is 13.8. The average Bonchev–Trinajstić information content (AvgIpc) is 2.95. The van der Waals surface area contributed by atoms with Crippen molar-refractivity contribution in [2.75, 3.05) is 26.7 Å². The smallest absolute Gasteiger partial charge is 0.287 e. The van der Waals surface area contributed by atoms with E-state index in [4.69, 9.17) is 4.42 Å². The van der Waals surface area contributed by atoms with Gasteiger partial charge in [-0.15, -0.1) is 0 Å². The predicted octanol–water partition coefficient (Wildman–Crippen LogP) is 1.82. The van der Waals surface area contributed by atoms with Crippen LogP contribution in [0.4, 0.5) is 4.39 Å². The molecule has 25 heavy (non-hydrogen) atoms. The van der Waals surface area contributed by atoms with E-state index in [0.29, 0.717) is 17.5 Å². The number of halogens is 1. The van der Waals surface area contributed by atoms with E-state index in [2.05, 4.69) is 15.5 Å². The lowest BCUT2D eigenvalue weighted by atomic mass is 10.0. The van der Waals surface area contributed by atoms with Gasteiger partial charge in [0.1, 0.15) is 0 Å². The first-order valence-corrected chi connectivity index (χ1v) is 8.41. The van der Waals surface area contributed by atoms with Crippen molar-refractivity contribution >= 4 is 22.8 Å². The summed E-state index contributed by atoms with van der Waals surface area (Å²) >= 11 is 0. The summed E-state index contributed by atoms with van der Waals surface area (Å²) in [6, 6.07) is 4.68. The number of hydrogen-bond acceptors (Lipinski definition) is 4. The molecule has 2 aromatic rings. The number of amides is 2. The second-order valence-corrected chi connectivity index (χ2v) is 6.37. The van der Waals surface area contributed by atoms with E-state index in [0.717, 1.165) is 25.9 Å². The van der Waals surface area contributed by atoms with Crippen LogP contribution in [0.3, 0.4) is 0 Å². The number of nitrogens with zero attached hydrogens (tertiary/aromatic N) is 1. The molecule has 0 unspecified atom stereocenters. The summed E-state index contributed by atoms with van der Waals surface area (Å²) in [5, 5.41) is 6.19. The van der Waals surface area contributed by atoms with Gasteiger partial charge in [0.2, 0.25) is 5.91 Å².